The van der Waals surface area contributed by atoms with Gasteiger partial charge < -0.3 is 15.1 Å². The van der Waals surface area contributed by atoms with Crippen LogP contribution in [0.1, 0.15) is 23.5 Å². The zero-order valence-electron chi connectivity index (χ0n) is 16.3. The van der Waals surface area contributed by atoms with Crippen molar-refractivity contribution in [2.45, 2.75) is 18.8 Å². The molecule has 150 valence electrons. The molecule has 1 unspecified atom stereocenters. The summed E-state index contributed by atoms with van der Waals surface area (Å²) in [5.74, 6) is 1.34. The van der Waals surface area contributed by atoms with Gasteiger partial charge in [0.15, 0.2) is 5.96 Å². The number of benzene rings is 1. The summed E-state index contributed by atoms with van der Waals surface area (Å²) in [6.45, 7) is 2.84. The molecule has 0 bridgehead atoms. The molecule has 1 aromatic carbocycles. The standard InChI is InChI=1S/C20H26N6O.HI/c1-21-20(25-9-7-16(14-25)17-11-23-24(2)13-17)22-12-19(27)26-10-8-15-5-3-4-6-18(15)26;/h3-6,11,13,16H,7-10,12,14H2,1-2H3,(H,21,22);1H. The Morgan fingerprint density at radius 2 is 2.14 bits per heavy atom. The number of para-hydroxylation sites is 1. The van der Waals surface area contributed by atoms with E-state index < -0.39 is 0 Å². The number of fused-ring (bicyclic) bond motifs is 1. The summed E-state index contributed by atoms with van der Waals surface area (Å²) in [6.07, 6.45) is 6.02. The average Bonchev–Trinajstić information content (AvgIpc) is 3.41. The van der Waals surface area contributed by atoms with Crippen molar-refractivity contribution in [2.24, 2.45) is 12.0 Å². The third-order valence-corrected chi connectivity index (χ3v) is 5.48. The number of rotatable bonds is 3. The largest absolute Gasteiger partial charge is 0.347 e. The second-order valence-corrected chi connectivity index (χ2v) is 7.20. The van der Waals surface area contributed by atoms with Gasteiger partial charge in [0.25, 0.3) is 0 Å². The van der Waals surface area contributed by atoms with E-state index in [0.29, 0.717) is 5.92 Å². The highest BCUT2D eigenvalue weighted by molar-refractivity contribution is 14.0. The zero-order chi connectivity index (χ0) is 18.8. The van der Waals surface area contributed by atoms with Crippen molar-refractivity contribution in [1.29, 1.82) is 0 Å². The molecule has 2 aliphatic rings. The maximum absolute atomic E-state index is 12.7. The molecule has 1 saturated heterocycles. The van der Waals surface area contributed by atoms with Crippen molar-refractivity contribution in [3.63, 3.8) is 0 Å². The molecule has 1 amide bonds. The fourth-order valence-corrected chi connectivity index (χ4v) is 4.06. The lowest BCUT2D eigenvalue weighted by atomic mass is 10.0. The lowest BCUT2D eigenvalue weighted by Crippen LogP contribution is -2.45. The van der Waals surface area contributed by atoms with Crippen molar-refractivity contribution in [3.05, 3.63) is 47.8 Å². The summed E-state index contributed by atoms with van der Waals surface area (Å²) in [7, 11) is 3.72. The summed E-state index contributed by atoms with van der Waals surface area (Å²) < 4.78 is 1.84. The maximum atomic E-state index is 12.7. The van der Waals surface area contributed by atoms with Crippen LogP contribution in [0.15, 0.2) is 41.7 Å². The number of aliphatic imine (C=N–C) groups is 1. The van der Waals surface area contributed by atoms with Crippen LogP contribution >= 0.6 is 24.0 Å². The first-order valence-electron chi connectivity index (χ1n) is 9.48. The molecular weight excluding hydrogens is 467 g/mol. The number of aromatic nitrogens is 2. The minimum atomic E-state index is 0. The second kappa shape index (κ2) is 8.93. The van der Waals surface area contributed by atoms with E-state index in [-0.39, 0.29) is 36.4 Å². The fourth-order valence-electron chi connectivity index (χ4n) is 4.06. The third-order valence-electron chi connectivity index (χ3n) is 5.48. The molecule has 1 aromatic heterocycles. The van der Waals surface area contributed by atoms with Gasteiger partial charge in [-0.2, -0.15) is 5.10 Å². The van der Waals surface area contributed by atoms with E-state index in [0.717, 1.165) is 44.1 Å². The molecule has 28 heavy (non-hydrogen) atoms. The van der Waals surface area contributed by atoms with Gasteiger partial charge in [-0.3, -0.25) is 14.5 Å². The number of halogens is 1. The van der Waals surface area contributed by atoms with Crippen molar-refractivity contribution in [2.75, 3.05) is 38.1 Å². The van der Waals surface area contributed by atoms with E-state index in [1.165, 1.54) is 11.1 Å². The summed E-state index contributed by atoms with van der Waals surface area (Å²) >= 11 is 0. The van der Waals surface area contributed by atoms with Crippen LogP contribution in [0.25, 0.3) is 0 Å². The van der Waals surface area contributed by atoms with Gasteiger partial charge >= 0.3 is 0 Å². The lowest BCUT2D eigenvalue weighted by Gasteiger charge is -2.23. The number of guanidine groups is 1. The van der Waals surface area contributed by atoms with E-state index in [4.69, 9.17) is 0 Å². The minimum absolute atomic E-state index is 0. The fraction of sp³-hybridized carbons (Fsp3) is 0.450. The van der Waals surface area contributed by atoms with Crippen molar-refractivity contribution in [3.8, 4) is 0 Å². The van der Waals surface area contributed by atoms with Crippen LogP contribution in [-0.4, -0.2) is 59.8 Å². The normalized spacial score (nSPS) is 18.8. The highest BCUT2D eigenvalue weighted by atomic mass is 127. The summed E-state index contributed by atoms with van der Waals surface area (Å²) in [5, 5.41) is 7.54. The number of carbonyl (C=O) groups excluding carboxylic acids is 1. The number of hydrogen-bond acceptors (Lipinski definition) is 3. The Morgan fingerprint density at radius 1 is 1.32 bits per heavy atom. The number of amides is 1. The number of anilines is 1. The summed E-state index contributed by atoms with van der Waals surface area (Å²) in [5.41, 5.74) is 3.55. The van der Waals surface area contributed by atoms with Gasteiger partial charge in [-0.15, -0.1) is 24.0 Å². The predicted octanol–water partition coefficient (Wildman–Crippen LogP) is 1.99. The van der Waals surface area contributed by atoms with Crippen LogP contribution in [0, 0.1) is 0 Å². The molecule has 2 aromatic rings. The Morgan fingerprint density at radius 3 is 2.89 bits per heavy atom. The number of aryl methyl sites for hydroxylation is 1. The number of carbonyl (C=O) groups is 1. The second-order valence-electron chi connectivity index (χ2n) is 7.20. The number of hydrogen-bond donors (Lipinski definition) is 1. The van der Waals surface area contributed by atoms with Crippen LogP contribution in [0.4, 0.5) is 5.69 Å². The molecule has 0 aliphatic carbocycles. The smallest absolute Gasteiger partial charge is 0.246 e. The van der Waals surface area contributed by atoms with E-state index in [2.05, 4.69) is 32.6 Å². The number of likely N-dealkylation sites (tertiary alicyclic amines) is 1. The minimum Gasteiger partial charge on any atom is -0.347 e. The van der Waals surface area contributed by atoms with Crippen molar-refractivity contribution < 1.29 is 4.79 Å². The van der Waals surface area contributed by atoms with Gasteiger partial charge in [0.2, 0.25) is 5.91 Å². The van der Waals surface area contributed by atoms with Gasteiger partial charge in [0.1, 0.15) is 0 Å². The number of nitrogens with one attached hydrogen (secondary N) is 1. The van der Waals surface area contributed by atoms with Gasteiger partial charge in [0, 0.05) is 51.5 Å². The molecule has 1 atom stereocenters. The van der Waals surface area contributed by atoms with Gasteiger partial charge in [-0.05, 0) is 30.0 Å². The summed E-state index contributed by atoms with van der Waals surface area (Å²) in [6, 6.07) is 8.13. The first kappa shape index (κ1) is 20.6. The topological polar surface area (TPSA) is 65.8 Å². The molecule has 3 heterocycles. The predicted molar refractivity (Wildman–Crippen MR) is 121 cm³/mol. The SMILES string of the molecule is CN=C(NCC(=O)N1CCc2ccccc21)N1CCC(c2cnn(C)c2)C1.I. The molecule has 8 heteroatoms. The van der Waals surface area contributed by atoms with Crippen LogP contribution in [-0.2, 0) is 18.3 Å². The Hall–Kier alpha value is -2.10. The molecular formula is C20H27IN6O. The van der Waals surface area contributed by atoms with Gasteiger partial charge in [0.05, 0.1) is 12.7 Å². The van der Waals surface area contributed by atoms with Gasteiger partial charge in [-0.1, -0.05) is 18.2 Å². The highest BCUT2D eigenvalue weighted by Crippen LogP contribution is 2.28. The molecule has 0 spiro atoms. The van der Waals surface area contributed by atoms with Crippen LogP contribution < -0.4 is 10.2 Å². The van der Waals surface area contributed by atoms with E-state index in [1.54, 1.807) is 7.05 Å². The Balaban J connectivity index is 0.00000225. The molecule has 7 nitrogen and oxygen atoms in total. The maximum Gasteiger partial charge on any atom is 0.246 e. The molecule has 0 saturated carbocycles. The van der Waals surface area contributed by atoms with E-state index in [1.807, 2.05) is 41.0 Å². The van der Waals surface area contributed by atoms with Crippen molar-refractivity contribution in [1.82, 2.24) is 20.0 Å². The molecule has 1 N–H and O–H groups in total. The lowest BCUT2D eigenvalue weighted by molar-refractivity contribution is -0.117. The quantitative estimate of drug-likeness (QED) is 0.403. The molecule has 2 aliphatic heterocycles. The highest BCUT2D eigenvalue weighted by Gasteiger charge is 2.28. The first-order chi connectivity index (χ1) is 13.2. The van der Waals surface area contributed by atoms with Crippen LogP contribution in [0.2, 0.25) is 0 Å². The number of nitrogens with zero attached hydrogens (tertiary/aromatic N) is 5. The molecule has 1 fully saturated rings. The average molecular weight is 494 g/mol. The van der Waals surface area contributed by atoms with Gasteiger partial charge in [-0.25, -0.2) is 0 Å². The Bertz CT molecular complexity index is 864. The zero-order valence-corrected chi connectivity index (χ0v) is 18.7. The van der Waals surface area contributed by atoms with Crippen LogP contribution in [0.3, 0.4) is 0 Å². The van der Waals surface area contributed by atoms with Crippen molar-refractivity contribution >= 4 is 41.5 Å². The first-order valence-corrected chi connectivity index (χ1v) is 9.48. The van der Waals surface area contributed by atoms with E-state index >= 15 is 0 Å². The Labute approximate surface area is 182 Å². The summed E-state index contributed by atoms with van der Waals surface area (Å²) in [4.78, 5) is 21.2. The third kappa shape index (κ3) is 4.16. The Kier molecular flexibility index (Phi) is 6.58. The monoisotopic (exact) mass is 494 g/mol. The molecule has 4 rings (SSSR count). The molecule has 0 radical (unpaired) electrons. The van der Waals surface area contributed by atoms with Crippen LogP contribution in [0.5, 0.6) is 0 Å². The van der Waals surface area contributed by atoms with E-state index in [9.17, 15) is 4.79 Å².